The second kappa shape index (κ2) is 5.61. The van der Waals surface area contributed by atoms with Crippen LogP contribution in [0.4, 0.5) is 8.78 Å². The largest absolute Gasteiger partial charge is 0.294 e. The fourth-order valence-corrected chi connectivity index (χ4v) is 2.23. The molecule has 0 N–H and O–H groups in total. The zero-order valence-corrected chi connectivity index (χ0v) is 11.8. The summed E-state index contributed by atoms with van der Waals surface area (Å²) in [5, 5.41) is 0. The van der Waals surface area contributed by atoms with E-state index in [0.29, 0.717) is 21.2 Å². The Hall–Kier alpha value is -1.55. The molecule has 1 nitrogen and oxygen atoms in total. The molecule has 0 aromatic heterocycles. The Balaban J connectivity index is 2.30. The van der Waals surface area contributed by atoms with Gasteiger partial charge in [0.2, 0.25) is 0 Å². The van der Waals surface area contributed by atoms with E-state index in [2.05, 4.69) is 15.9 Å². The third-order valence-electron chi connectivity index (χ3n) is 2.86. The van der Waals surface area contributed by atoms with Crippen molar-refractivity contribution in [2.45, 2.75) is 13.3 Å². The molecule has 0 unspecified atom stereocenters. The van der Waals surface area contributed by atoms with Gasteiger partial charge in [0.05, 0.1) is 0 Å². The van der Waals surface area contributed by atoms with Crippen LogP contribution in [0.25, 0.3) is 0 Å². The van der Waals surface area contributed by atoms with Gasteiger partial charge in [-0.25, -0.2) is 8.78 Å². The highest BCUT2D eigenvalue weighted by Crippen LogP contribution is 2.21. The summed E-state index contributed by atoms with van der Waals surface area (Å²) in [5.41, 5.74) is 1.59. The first kappa shape index (κ1) is 13.9. The van der Waals surface area contributed by atoms with Crippen molar-refractivity contribution in [1.29, 1.82) is 0 Å². The summed E-state index contributed by atoms with van der Waals surface area (Å²) >= 11 is 3.27. The second-order valence-electron chi connectivity index (χ2n) is 4.29. The number of rotatable bonds is 3. The molecular weight excluding hydrogens is 314 g/mol. The molecule has 4 heteroatoms. The predicted octanol–water partition coefficient (Wildman–Crippen LogP) is 4.46. The van der Waals surface area contributed by atoms with Crippen LogP contribution in [0.2, 0.25) is 0 Å². The summed E-state index contributed by atoms with van der Waals surface area (Å²) in [6.45, 7) is 1.74. The van der Waals surface area contributed by atoms with Gasteiger partial charge in [-0.15, -0.1) is 0 Å². The molecule has 0 radical (unpaired) electrons. The lowest BCUT2D eigenvalue weighted by Crippen LogP contribution is -2.07. The second-order valence-corrected chi connectivity index (χ2v) is 5.15. The summed E-state index contributed by atoms with van der Waals surface area (Å²) in [6, 6.07) is 8.25. The van der Waals surface area contributed by atoms with Crippen molar-refractivity contribution in [2.75, 3.05) is 0 Å². The van der Waals surface area contributed by atoms with E-state index in [0.717, 1.165) is 0 Å². The van der Waals surface area contributed by atoms with Gasteiger partial charge in [0.1, 0.15) is 11.6 Å². The minimum atomic E-state index is -0.452. The van der Waals surface area contributed by atoms with Gasteiger partial charge < -0.3 is 0 Å². The number of carbonyl (C=O) groups is 1. The maximum atomic E-state index is 13.2. The van der Waals surface area contributed by atoms with Crippen LogP contribution in [0.3, 0.4) is 0 Å². The van der Waals surface area contributed by atoms with Crippen molar-refractivity contribution in [3.05, 3.63) is 69.2 Å². The number of halogens is 3. The van der Waals surface area contributed by atoms with Crippen molar-refractivity contribution < 1.29 is 13.6 Å². The van der Waals surface area contributed by atoms with E-state index >= 15 is 0 Å². The molecule has 0 heterocycles. The van der Waals surface area contributed by atoms with Crippen molar-refractivity contribution in [3.8, 4) is 0 Å². The van der Waals surface area contributed by atoms with Crippen LogP contribution >= 0.6 is 15.9 Å². The molecule has 0 bridgehead atoms. The summed E-state index contributed by atoms with van der Waals surface area (Å²) in [6.07, 6.45) is 0.0304. The van der Waals surface area contributed by atoms with E-state index in [9.17, 15) is 13.6 Å². The summed E-state index contributed by atoms with van der Waals surface area (Å²) in [4.78, 5) is 12.1. The molecule has 0 aliphatic heterocycles. The van der Waals surface area contributed by atoms with Crippen molar-refractivity contribution in [2.24, 2.45) is 0 Å². The van der Waals surface area contributed by atoms with Crippen molar-refractivity contribution in [3.63, 3.8) is 0 Å². The number of ketones is 1. The SMILES string of the molecule is Cc1ccc(F)cc1C(=O)Cc1cc(F)ccc1Br. The zero-order valence-electron chi connectivity index (χ0n) is 10.2. The number of aryl methyl sites for hydroxylation is 1. The Kier molecular flexibility index (Phi) is 4.10. The van der Waals surface area contributed by atoms with Crippen molar-refractivity contribution >= 4 is 21.7 Å². The summed E-state index contributed by atoms with van der Waals surface area (Å²) in [5.74, 6) is -1.09. The normalized spacial score (nSPS) is 10.5. The number of Topliss-reactive ketones (excluding diaryl/α,β-unsaturated/α-hetero) is 1. The predicted molar refractivity (Wildman–Crippen MR) is 73.3 cm³/mol. The van der Waals surface area contributed by atoms with Crippen LogP contribution in [-0.4, -0.2) is 5.78 Å². The molecule has 19 heavy (non-hydrogen) atoms. The van der Waals surface area contributed by atoms with Crippen LogP contribution in [0, 0.1) is 18.6 Å². The fraction of sp³-hybridized carbons (Fsp3) is 0.133. The Morgan fingerprint density at radius 2 is 1.74 bits per heavy atom. The third kappa shape index (κ3) is 3.26. The lowest BCUT2D eigenvalue weighted by atomic mass is 9.99. The van der Waals surface area contributed by atoms with E-state index < -0.39 is 11.6 Å². The standard InChI is InChI=1S/C15H11BrF2O/c1-9-2-3-12(18)8-13(9)15(19)7-10-6-11(17)4-5-14(10)16/h2-6,8H,7H2,1H3. The lowest BCUT2D eigenvalue weighted by molar-refractivity contribution is 0.0991. The van der Waals surface area contributed by atoms with Crippen LogP contribution in [0.15, 0.2) is 40.9 Å². The van der Waals surface area contributed by atoms with Gasteiger partial charge in [-0.1, -0.05) is 22.0 Å². The average molecular weight is 325 g/mol. The molecule has 0 atom stereocenters. The molecular formula is C15H11BrF2O. The molecule has 2 rings (SSSR count). The maximum absolute atomic E-state index is 13.2. The Bertz CT molecular complexity index is 638. The molecule has 0 aliphatic rings. The van der Waals surface area contributed by atoms with E-state index in [1.807, 2.05) is 0 Å². The van der Waals surface area contributed by atoms with Crippen molar-refractivity contribution in [1.82, 2.24) is 0 Å². The van der Waals surface area contributed by atoms with E-state index in [1.165, 1.54) is 24.3 Å². The number of carbonyl (C=O) groups excluding carboxylic acids is 1. The molecule has 0 saturated carbocycles. The highest BCUT2D eigenvalue weighted by Gasteiger charge is 2.13. The first-order valence-electron chi connectivity index (χ1n) is 5.70. The van der Waals surface area contributed by atoms with E-state index in [4.69, 9.17) is 0 Å². The van der Waals surface area contributed by atoms with E-state index in [-0.39, 0.29) is 12.2 Å². The van der Waals surface area contributed by atoms with Crippen LogP contribution in [-0.2, 0) is 6.42 Å². The van der Waals surface area contributed by atoms with Gasteiger partial charge in [0, 0.05) is 16.5 Å². The highest BCUT2D eigenvalue weighted by molar-refractivity contribution is 9.10. The summed E-state index contributed by atoms with van der Waals surface area (Å²) in [7, 11) is 0. The zero-order chi connectivity index (χ0) is 14.0. The number of hydrogen-bond acceptors (Lipinski definition) is 1. The quantitative estimate of drug-likeness (QED) is 0.762. The molecule has 0 aliphatic carbocycles. The molecule has 0 amide bonds. The molecule has 0 saturated heterocycles. The third-order valence-corrected chi connectivity index (χ3v) is 3.63. The first-order valence-corrected chi connectivity index (χ1v) is 6.50. The van der Waals surface area contributed by atoms with Gasteiger partial charge in [0.25, 0.3) is 0 Å². The van der Waals surface area contributed by atoms with Crippen LogP contribution in [0.1, 0.15) is 21.5 Å². The number of benzene rings is 2. The molecule has 0 spiro atoms. The molecule has 98 valence electrons. The van der Waals surface area contributed by atoms with Gasteiger partial charge >= 0.3 is 0 Å². The summed E-state index contributed by atoms with van der Waals surface area (Å²) < 4.78 is 27.0. The molecule has 2 aromatic rings. The lowest BCUT2D eigenvalue weighted by Gasteiger charge is -2.07. The Morgan fingerprint density at radius 1 is 1.11 bits per heavy atom. The average Bonchev–Trinajstić information content (AvgIpc) is 2.36. The molecule has 0 fully saturated rings. The van der Waals surface area contributed by atoms with Gasteiger partial charge in [-0.3, -0.25) is 4.79 Å². The highest BCUT2D eigenvalue weighted by atomic mass is 79.9. The van der Waals surface area contributed by atoms with Crippen LogP contribution in [0.5, 0.6) is 0 Å². The fourth-order valence-electron chi connectivity index (χ4n) is 1.84. The van der Waals surface area contributed by atoms with E-state index in [1.54, 1.807) is 19.1 Å². The topological polar surface area (TPSA) is 17.1 Å². The minimum Gasteiger partial charge on any atom is -0.294 e. The first-order chi connectivity index (χ1) is 8.97. The van der Waals surface area contributed by atoms with Gasteiger partial charge in [0.15, 0.2) is 5.78 Å². The smallest absolute Gasteiger partial charge is 0.167 e. The van der Waals surface area contributed by atoms with Crippen LogP contribution < -0.4 is 0 Å². The minimum absolute atomic E-state index is 0.0304. The Morgan fingerprint density at radius 3 is 2.47 bits per heavy atom. The Labute approximate surface area is 118 Å². The van der Waals surface area contributed by atoms with Gasteiger partial charge in [-0.2, -0.15) is 0 Å². The molecule has 2 aromatic carbocycles. The number of hydrogen-bond donors (Lipinski definition) is 0. The monoisotopic (exact) mass is 324 g/mol. The van der Waals surface area contributed by atoms with Gasteiger partial charge in [-0.05, 0) is 48.4 Å². The maximum Gasteiger partial charge on any atom is 0.167 e.